The molecule has 0 aliphatic heterocycles. The van der Waals surface area contributed by atoms with E-state index in [-0.39, 0.29) is 0 Å². The molecule has 1 aromatic rings. The summed E-state index contributed by atoms with van der Waals surface area (Å²) in [6, 6.07) is 9.89. The van der Waals surface area contributed by atoms with Crippen LogP contribution in [0.3, 0.4) is 0 Å². The molecule has 6 nitrogen and oxygen atoms in total. The second kappa shape index (κ2) is 21.5. The normalized spacial score (nSPS) is 12.6. The maximum atomic E-state index is 6.36. The Hall–Kier alpha value is -0.266. The number of halogens is 2. The standard InChI is InChI=1S/C27H48Cl2O6Si2/c1-5-30-36(31-6-2,23-13-11-9-10-12-20-28)34-21-14-22-35-37(32-7-3,33-8-4)24-19-26-15-17-27(25-29)18-16-26/h10,12,15-18H,5-9,11,13-14,19-25H2,1-4H3/b12-10+. The lowest BCUT2D eigenvalue weighted by atomic mass is 10.1. The van der Waals surface area contributed by atoms with Crippen molar-refractivity contribution in [1.82, 2.24) is 0 Å². The number of hydrogen-bond acceptors (Lipinski definition) is 6. The molecule has 37 heavy (non-hydrogen) atoms. The van der Waals surface area contributed by atoms with Gasteiger partial charge in [0.15, 0.2) is 0 Å². The second-order valence-corrected chi connectivity index (χ2v) is 14.5. The lowest BCUT2D eigenvalue weighted by molar-refractivity contribution is 0.0463. The Labute approximate surface area is 237 Å². The molecular formula is C27H48Cl2O6Si2. The van der Waals surface area contributed by atoms with Gasteiger partial charge in [-0.2, -0.15) is 0 Å². The zero-order chi connectivity index (χ0) is 27.2. The molecular weight excluding hydrogens is 547 g/mol. The molecule has 0 N–H and O–H groups in total. The fraction of sp³-hybridized carbons (Fsp3) is 0.704. The first kappa shape index (κ1) is 34.8. The highest BCUT2D eigenvalue weighted by atomic mass is 35.5. The molecule has 0 bridgehead atoms. The van der Waals surface area contributed by atoms with Gasteiger partial charge in [0, 0.05) is 63.5 Å². The number of benzene rings is 1. The zero-order valence-corrected chi connectivity index (χ0v) is 26.8. The third-order valence-electron chi connectivity index (χ3n) is 5.65. The summed E-state index contributed by atoms with van der Waals surface area (Å²) in [7, 11) is -5.54. The van der Waals surface area contributed by atoms with Crippen LogP contribution < -0.4 is 0 Å². The fourth-order valence-electron chi connectivity index (χ4n) is 3.95. The number of hydrogen-bond donors (Lipinski definition) is 0. The molecule has 0 fully saturated rings. The first-order chi connectivity index (χ1) is 18.0. The number of aryl methyl sites for hydroxylation is 1. The van der Waals surface area contributed by atoms with Gasteiger partial charge in [-0.3, -0.25) is 0 Å². The van der Waals surface area contributed by atoms with E-state index in [9.17, 15) is 0 Å². The highest BCUT2D eigenvalue weighted by Crippen LogP contribution is 2.22. The summed E-state index contributed by atoms with van der Waals surface area (Å²) >= 11 is 11.6. The third kappa shape index (κ3) is 14.6. The smallest absolute Gasteiger partial charge is 0.374 e. The summed E-state index contributed by atoms with van der Waals surface area (Å²) in [6.45, 7) is 11.2. The van der Waals surface area contributed by atoms with E-state index in [1.165, 1.54) is 5.56 Å². The quantitative estimate of drug-likeness (QED) is 0.0538. The van der Waals surface area contributed by atoms with Gasteiger partial charge in [0.2, 0.25) is 0 Å². The molecule has 1 rings (SSSR count). The Bertz CT molecular complexity index is 697. The summed E-state index contributed by atoms with van der Waals surface area (Å²) < 4.78 is 37.1. The predicted octanol–water partition coefficient (Wildman–Crippen LogP) is 7.38. The van der Waals surface area contributed by atoms with E-state index in [1.54, 1.807) is 0 Å². The molecule has 0 aromatic heterocycles. The van der Waals surface area contributed by atoms with Crippen molar-refractivity contribution in [3.8, 4) is 0 Å². The third-order valence-corrected chi connectivity index (χ3v) is 12.2. The SMILES string of the molecule is CCO[Si](CCCC/C=C/CCl)(OCC)OCCCO[Si](CCc1ccc(CCl)cc1)(OCC)OCC. The van der Waals surface area contributed by atoms with Gasteiger partial charge in [-0.1, -0.05) is 36.4 Å². The van der Waals surface area contributed by atoms with Crippen LogP contribution in [0.1, 0.15) is 64.5 Å². The average Bonchev–Trinajstić information content (AvgIpc) is 2.90. The molecule has 0 amide bonds. The Balaban J connectivity index is 2.65. The van der Waals surface area contributed by atoms with E-state index in [2.05, 4.69) is 30.3 Å². The predicted molar refractivity (Wildman–Crippen MR) is 158 cm³/mol. The Kier molecular flexibility index (Phi) is 20.2. The lowest BCUT2D eigenvalue weighted by Gasteiger charge is -2.30. The first-order valence-corrected chi connectivity index (χ1v) is 18.6. The van der Waals surface area contributed by atoms with E-state index in [0.717, 1.165) is 43.3 Å². The summed E-state index contributed by atoms with van der Waals surface area (Å²) in [5.41, 5.74) is 2.33. The van der Waals surface area contributed by atoms with Gasteiger partial charge in [-0.05, 0) is 70.9 Å². The molecule has 0 aliphatic rings. The van der Waals surface area contributed by atoms with Crippen LogP contribution in [0.2, 0.25) is 12.1 Å². The summed E-state index contributed by atoms with van der Waals surface area (Å²) in [5.74, 6) is 1.07. The lowest BCUT2D eigenvalue weighted by Crippen LogP contribution is -2.47. The molecule has 0 heterocycles. The van der Waals surface area contributed by atoms with Crippen molar-refractivity contribution in [2.45, 2.75) is 77.8 Å². The molecule has 0 radical (unpaired) electrons. The molecule has 0 saturated heterocycles. The maximum Gasteiger partial charge on any atom is 0.501 e. The van der Waals surface area contributed by atoms with Gasteiger partial charge >= 0.3 is 17.6 Å². The van der Waals surface area contributed by atoms with Gasteiger partial charge in [0.05, 0.1) is 0 Å². The monoisotopic (exact) mass is 594 g/mol. The van der Waals surface area contributed by atoms with Gasteiger partial charge < -0.3 is 26.6 Å². The molecule has 1 aromatic carbocycles. The topological polar surface area (TPSA) is 55.4 Å². The molecule has 0 aliphatic carbocycles. The van der Waals surface area contributed by atoms with E-state index in [0.29, 0.717) is 57.8 Å². The van der Waals surface area contributed by atoms with Crippen LogP contribution in [-0.4, -0.2) is 63.1 Å². The van der Waals surface area contributed by atoms with Crippen molar-refractivity contribution in [3.05, 3.63) is 47.5 Å². The highest BCUT2D eigenvalue weighted by molar-refractivity contribution is 6.61. The van der Waals surface area contributed by atoms with Gasteiger partial charge in [0.1, 0.15) is 0 Å². The molecule has 0 saturated carbocycles. The molecule has 10 heteroatoms. The number of rotatable bonds is 24. The zero-order valence-electron chi connectivity index (χ0n) is 23.3. The van der Waals surface area contributed by atoms with E-state index < -0.39 is 17.6 Å². The molecule has 0 spiro atoms. The highest BCUT2D eigenvalue weighted by Gasteiger charge is 2.41. The Morgan fingerprint density at radius 2 is 1.14 bits per heavy atom. The maximum absolute atomic E-state index is 6.36. The second-order valence-electron chi connectivity index (χ2n) is 8.47. The first-order valence-electron chi connectivity index (χ1n) is 13.7. The minimum absolute atomic E-state index is 0.503. The van der Waals surface area contributed by atoms with Crippen LogP contribution in [0.25, 0.3) is 0 Å². The van der Waals surface area contributed by atoms with Crippen molar-refractivity contribution in [3.63, 3.8) is 0 Å². The van der Waals surface area contributed by atoms with E-state index in [4.69, 9.17) is 49.8 Å². The minimum Gasteiger partial charge on any atom is -0.374 e. The van der Waals surface area contributed by atoms with Crippen LogP contribution >= 0.6 is 23.2 Å². The number of allylic oxidation sites excluding steroid dienone is 2. The van der Waals surface area contributed by atoms with Gasteiger partial charge in [-0.15, -0.1) is 23.2 Å². The van der Waals surface area contributed by atoms with Crippen LogP contribution in [0.15, 0.2) is 36.4 Å². The van der Waals surface area contributed by atoms with Crippen LogP contribution in [-0.2, 0) is 38.9 Å². The van der Waals surface area contributed by atoms with Gasteiger partial charge in [0.25, 0.3) is 0 Å². The molecule has 0 unspecified atom stereocenters. The van der Waals surface area contributed by atoms with Crippen molar-refractivity contribution < 1.29 is 26.6 Å². The van der Waals surface area contributed by atoms with Crippen LogP contribution in [0, 0.1) is 0 Å². The van der Waals surface area contributed by atoms with E-state index in [1.807, 2.05) is 33.8 Å². The average molecular weight is 596 g/mol. The summed E-state index contributed by atoms with van der Waals surface area (Å²) in [6.07, 6.45) is 8.70. The number of unbranched alkanes of at least 4 members (excludes halogenated alkanes) is 2. The molecule has 214 valence electrons. The largest absolute Gasteiger partial charge is 0.501 e. The molecule has 0 atom stereocenters. The van der Waals surface area contributed by atoms with Crippen LogP contribution in [0.4, 0.5) is 0 Å². The summed E-state index contributed by atoms with van der Waals surface area (Å²) in [4.78, 5) is 0. The van der Waals surface area contributed by atoms with Gasteiger partial charge in [-0.25, -0.2) is 0 Å². The summed E-state index contributed by atoms with van der Waals surface area (Å²) in [5, 5.41) is 0. The van der Waals surface area contributed by atoms with Crippen molar-refractivity contribution in [2.75, 3.05) is 45.5 Å². The minimum atomic E-state index is -2.81. The van der Waals surface area contributed by atoms with Crippen molar-refractivity contribution in [2.24, 2.45) is 0 Å². The fourth-order valence-corrected chi connectivity index (χ4v) is 9.57. The van der Waals surface area contributed by atoms with Crippen molar-refractivity contribution in [1.29, 1.82) is 0 Å². The Morgan fingerprint density at radius 3 is 1.62 bits per heavy atom. The van der Waals surface area contributed by atoms with E-state index >= 15 is 0 Å². The van der Waals surface area contributed by atoms with Crippen LogP contribution in [0.5, 0.6) is 0 Å². The van der Waals surface area contributed by atoms with Crippen molar-refractivity contribution >= 4 is 40.8 Å². The number of alkyl halides is 2. The Morgan fingerprint density at radius 1 is 0.622 bits per heavy atom.